The number of hydrogen-bond acceptors (Lipinski definition) is 1. The van der Waals surface area contributed by atoms with Gasteiger partial charge in [0.25, 0.3) is 0 Å². The molecule has 0 radical (unpaired) electrons. The van der Waals surface area contributed by atoms with E-state index in [4.69, 9.17) is 0 Å². The van der Waals surface area contributed by atoms with E-state index in [1.54, 1.807) is 0 Å². The van der Waals surface area contributed by atoms with Gasteiger partial charge in [-0.15, -0.1) is 0 Å². The van der Waals surface area contributed by atoms with Crippen LogP contribution in [0.5, 0.6) is 0 Å². The normalized spacial score (nSPS) is 13.2. The van der Waals surface area contributed by atoms with E-state index < -0.39 is 7.51 Å². The molecule has 0 saturated carbocycles. The van der Waals surface area contributed by atoms with Gasteiger partial charge in [0.05, 0.1) is 0 Å². The van der Waals surface area contributed by atoms with Crippen LogP contribution < -0.4 is 0 Å². The van der Waals surface area contributed by atoms with Crippen LogP contribution in [0.15, 0.2) is 4.15 Å². The molecule has 0 aliphatic rings. The molecular weight excluding hydrogens is 191 g/mol. The molecule has 0 aromatic rings. The minimum Gasteiger partial charge on any atom is -0.251 e. The first-order valence-electron chi connectivity index (χ1n) is 3.68. The predicted molar refractivity (Wildman–Crippen MR) is 59.4 cm³/mol. The van der Waals surface area contributed by atoms with Crippen molar-refractivity contribution >= 4 is 20.3 Å². The summed E-state index contributed by atoms with van der Waals surface area (Å²) in [5.41, 5.74) is 0. The lowest BCUT2D eigenvalue weighted by Gasteiger charge is -2.40. The van der Waals surface area contributed by atoms with Crippen LogP contribution in [0.3, 0.4) is 0 Å². The Bertz CT molecular complexity index is 161. The van der Waals surface area contributed by atoms with Crippen molar-refractivity contribution in [2.24, 2.45) is 4.15 Å². The zero-order valence-electron chi connectivity index (χ0n) is 8.68. The van der Waals surface area contributed by atoms with Gasteiger partial charge in [0.2, 0.25) is 0 Å². The van der Waals surface area contributed by atoms with E-state index >= 15 is 0 Å². The van der Waals surface area contributed by atoms with Gasteiger partial charge < -0.3 is 0 Å². The first-order chi connectivity index (χ1) is 5.39. The molecule has 74 valence electrons. The van der Waals surface area contributed by atoms with Gasteiger partial charge >= 0.3 is 0 Å². The van der Waals surface area contributed by atoms with E-state index in [0.717, 1.165) is 0 Å². The van der Waals surface area contributed by atoms with Crippen LogP contribution in [0.25, 0.3) is 0 Å². The summed E-state index contributed by atoms with van der Waals surface area (Å²) in [6.07, 6.45) is 0. The molecule has 0 heterocycles. The molecule has 0 aromatic heterocycles. The van der Waals surface area contributed by atoms with E-state index in [1.165, 1.54) is 0 Å². The second kappa shape index (κ2) is 4.63. The van der Waals surface area contributed by atoms with Crippen LogP contribution in [0.4, 0.5) is 0 Å². The van der Waals surface area contributed by atoms with Crippen LogP contribution in [-0.4, -0.2) is 56.3 Å². The maximum atomic E-state index is 4.20. The number of rotatable bonds is 3. The van der Waals surface area contributed by atoms with Crippen LogP contribution in [0.1, 0.15) is 0 Å². The van der Waals surface area contributed by atoms with Crippen LogP contribution >= 0.6 is 20.3 Å². The third kappa shape index (κ3) is 2.03. The molecule has 0 spiro atoms. The Kier molecular flexibility index (Phi) is 4.81. The van der Waals surface area contributed by atoms with Gasteiger partial charge in [0.15, 0.2) is 7.51 Å². The van der Waals surface area contributed by atoms with Gasteiger partial charge in [0.1, 0.15) is 0 Å². The lowest BCUT2D eigenvalue weighted by atomic mass is 11.2. The largest absolute Gasteiger partial charge is 0.251 e. The zero-order valence-corrected chi connectivity index (χ0v) is 10.5. The van der Waals surface area contributed by atoms with Crippen molar-refractivity contribution in [2.45, 2.75) is 0 Å². The fourth-order valence-corrected chi connectivity index (χ4v) is 5.38. The van der Waals surface area contributed by atoms with E-state index in [9.17, 15) is 0 Å². The molecule has 0 rings (SSSR count). The highest BCUT2D eigenvalue weighted by molar-refractivity contribution is 7.84. The highest BCUT2D eigenvalue weighted by Crippen LogP contribution is 2.55. The first-order valence-corrected chi connectivity index (χ1v) is 5.68. The minimum atomic E-state index is -1.70. The lowest BCUT2D eigenvalue weighted by Crippen LogP contribution is -2.30. The first kappa shape index (κ1) is 12.5. The maximum Gasteiger partial charge on any atom is 0.177 e. The Balaban J connectivity index is 5.08. The molecule has 12 heavy (non-hydrogen) atoms. The molecule has 0 aromatic carbocycles. The molecule has 0 atom stereocenters. The molecule has 0 N–H and O–H groups in total. The highest BCUT2D eigenvalue weighted by atomic mass is 32.1. The summed E-state index contributed by atoms with van der Waals surface area (Å²) in [6.45, 7) is 0. The molecule has 0 fully saturated rings. The monoisotopic (exact) mass is 210 g/mol. The minimum absolute atomic E-state index is 1.70. The Hall–Kier alpha value is 0.460. The molecule has 0 aliphatic heterocycles. The van der Waals surface area contributed by atoms with Crippen molar-refractivity contribution in [3.63, 3.8) is 0 Å². The summed E-state index contributed by atoms with van der Waals surface area (Å²) in [7, 11) is 10.4. The van der Waals surface area contributed by atoms with E-state index in [1.807, 2.05) is 42.3 Å². The lowest BCUT2D eigenvalue weighted by molar-refractivity contribution is 0.476. The van der Waals surface area contributed by atoms with Crippen molar-refractivity contribution in [1.29, 1.82) is 0 Å². The summed E-state index contributed by atoms with van der Waals surface area (Å²) in [5.74, 6) is 0. The Labute approximate surface area is 81.3 Å². The fourth-order valence-electron chi connectivity index (χ4n) is 1.31. The van der Waals surface area contributed by atoms with Crippen molar-refractivity contribution in [1.82, 2.24) is 14.0 Å². The maximum absolute atomic E-state index is 4.20. The van der Waals surface area contributed by atoms with Gasteiger partial charge in [-0.25, -0.2) is 0 Å². The van der Waals surface area contributed by atoms with E-state index in [2.05, 4.69) is 31.0 Å². The Morgan fingerprint density at radius 2 is 1.08 bits per heavy atom. The van der Waals surface area contributed by atoms with E-state index in [0.29, 0.717) is 0 Å². The van der Waals surface area contributed by atoms with E-state index in [-0.39, 0.29) is 0 Å². The zero-order chi connectivity index (χ0) is 9.94. The molecule has 4 nitrogen and oxygen atoms in total. The van der Waals surface area contributed by atoms with Crippen molar-refractivity contribution in [2.75, 3.05) is 42.3 Å². The smallest absolute Gasteiger partial charge is 0.177 e. The molecule has 0 bridgehead atoms. The van der Waals surface area contributed by atoms with Gasteiger partial charge in [-0.3, -0.25) is 14.0 Å². The van der Waals surface area contributed by atoms with Gasteiger partial charge in [-0.05, 0) is 55.1 Å². The van der Waals surface area contributed by atoms with Crippen molar-refractivity contribution in [3.8, 4) is 0 Å². The van der Waals surface area contributed by atoms with Crippen LogP contribution in [0, 0.1) is 0 Å². The third-order valence-electron chi connectivity index (χ3n) is 1.73. The molecule has 0 amide bonds. The SMILES string of the molecule is CN(C)P(=NS)(N(C)C)N(C)C. The van der Waals surface area contributed by atoms with Crippen molar-refractivity contribution < 1.29 is 0 Å². The molecule has 0 saturated heterocycles. The number of hydrogen-bond donors (Lipinski definition) is 1. The van der Waals surface area contributed by atoms with Crippen LogP contribution in [-0.2, 0) is 0 Å². The average molecular weight is 210 g/mol. The number of thiol groups is 1. The highest BCUT2D eigenvalue weighted by Gasteiger charge is 2.27. The van der Waals surface area contributed by atoms with Gasteiger partial charge in [-0.1, -0.05) is 0 Å². The van der Waals surface area contributed by atoms with Crippen molar-refractivity contribution in [3.05, 3.63) is 0 Å². The molecule has 0 aliphatic carbocycles. The van der Waals surface area contributed by atoms with Crippen LogP contribution in [0.2, 0.25) is 0 Å². The fraction of sp³-hybridized carbons (Fsp3) is 1.00. The predicted octanol–water partition coefficient (Wildman–Crippen LogP) is 1.46. The van der Waals surface area contributed by atoms with Gasteiger partial charge in [0, 0.05) is 0 Å². The summed E-state index contributed by atoms with van der Waals surface area (Å²) < 4.78 is 10.5. The molecule has 6 heteroatoms. The van der Waals surface area contributed by atoms with Gasteiger partial charge in [-0.2, -0.15) is 4.15 Å². The summed E-state index contributed by atoms with van der Waals surface area (Å²) in [6, 6.07) is 0. The summed E-state index contributed by atoms with van der Waals surface area (Å²) in [4.78, 5) is 0. The number of nitrogens with zero attached hydrogens (tertiary/aromatic N) is 4. The quantitative estimate of drug-likeness (QED) is 0.563. The average Bonchev–Trinajstić information content (AvgIpc) is 1.86. The molecular formula is C6H19N4PS. The molecule has 0 unspecified atom stereocenters. The Morgan fingerprint density at radius 1 is 0.833 bits per heavy atom. The third-order valence-corrected chi connectivity index (χ3v) is 5.91. The Morgan fingerprint density at radius 3 is 1.08 bits per heavy atom. The summed E-state index contributed by atoms with van der Waals surface area (Å²) in [5, 5.41) is 0. The topological polar surface area (TPSA) is 22.1 Å². The standard InChI is InChI=1S/C6H19N4PS/c1-8(2)11(7-12,9(3)4)10(5)6/h12H,1-6H3. The summed E-state index contributed by atoms with van der Waals surface area (Å²) >= 11 is 4.07. The second-order valence-corrected chi connectivity index (χ2v) is 7.36. The second-order valence-electron chi connectivity index (χ2n) is 3.17.